The molecule has 0 unspecified atom stereocenters. The Hall–Kier alpha value is -1.35. The van der Waals surface area contributed by atoms with Crippen LogP contribution in [0.3, 0.4) is 0 Å². The third-order valence-electron chi connectivity index (χ3n) is 3.03. The van der Waals surface area contributed by atoms with Gasteiger partial charge in [-0.15, -0.1) is 0 Å². The molecule has 0 atom stereocenters. The molecule has 0 aliphatic rings. The van der Waals surface area contributed by atoms with E-state index in [0.717, 1.165) is 18.5 Å². The van der Waals surface area contributed by atoms with Gasteiger partial charge in [-0.2, -0.15) is 0 Å². The molecule has 0 aromatic heterocycles. The molecule has 0 radical (unpaired) electrons. The van der Waals surface area contributed by atoms with Gasteiger partial charge in [-0.25, -0.2) is 0 Å². The Bertz CT molecular complexity index is 382. The highest BCUT2D eigenvalue weighted by Gasteiger charge is 2.05. The average Bonchev–Trinajstić information content (AvgIpc) is 2.37. The highest BCUT2D eigenvalue weighted by molar-refractivity contribution is 5.94. The summed E-state index contributed by atoms with van der Waals surface area (Å²) in [6, 6.07) is 8.35. The number of amides is 1. The number of nitrogens with one attached hydrogen (secondary N) is 2. The Morgan fingerprint density at radius 3 is 2.21 bits per heavy atom. The van der Waals surface area contributed by atoms with Gasteiger partial charge in [-0.05, 0) is 36.6 Å². The lowest BCUT2D eigenvalue weighted by Gasteiger charge is -2.09. The summed E-state index contributed by atoms with van der Waals surface area (Å²) in [7, 11) is 0. The summed E-state index contributed by atoms with van der Waals surface area (Å²) in [5.74, 6) is 0.513. The second kappa shape index (κ2) is 7.95. The molecule has 0 heterocycles. The van der Waals surface area contributed by atoms with Crippen molar-refractivity contribution in [3.05, 3.63) is 35.4 Å². The minimum atomic E-state index is 0.0138. The molecule has 19 heavy (non-hydrogen) atoms. The van der Waals surface area contributed by atoms with Crippen molar-refractivity contribution in [2.75, 3.05) is 13.1 Å². The standard InChI is InChI=1S/C16H26N2O/c1-12(2)14-6-8-15(9-7-14)16(19)18-11-5-10-17-13(3)4/h6-9,12-13,17H,5,10-11H2,1-4H3,(H,18,19). The van der Waals surface area contributed by atoms with Gasteiger partial charge in [0.15, 0.2) is 0 Å². The molecule has 0 saturated heterocycles. The van der Waals surface area contributed by atoms with Crippen LogP contribution in [0.1, 0.15) is 56.0 Å². The molecule has 1 aromatic rings. The smallest absolute Gasteiger partial charge is 0.251 e. The van der Waals surface area contributed by atoms with E-state index in [2.05, 4.69) is 38.3 Å². The SMILES string of the molecule is CC(C)NCCCNC(=O)c1ccc(C(C)C)cc1. The summed E-state index contributed by atoms with van der Waals surface area (Å²) < 4.78 is 0. The van der Waals surface area contributed by atoms with E-state index in [1.54, 1.807) is 0 Å². The highest BCUT2D eigenvalue weighted by atomic mass is 16.1. The van der Waals surface area contributed by atoms with E-state index in [-0.39, 0.29) is 5.91 Å². The van der Waals surface area contributed by atoms with Crippen LogP contribution in [0.4, 0.5) is 0 Å². The Morgan fingerprint density at radius 2 is 1.68 bits per heavy atom. The Kier molecular flexibility index (Phi) is 6.57. The summed E-state index contributed by atoms with van der Waals surface area (Å²) in [6.45, 7) is 10.2. The van der Waals surface area contributed by atoms with Gasteiger partial charge in [0.2, 0.25) is 0 Å². The predicted molar refractivity (Wildman–Crippen MR) is 80.6 cm³/mol. The topological polar surface area (TPSA) is 41.1 Å². The molecule has 0 bridgehead atoms. The molecular formula is C16H26N2O. The zero-order chi connectivity index (χ0) is 14.3. The van der Waals surface area contributed by atoms with E-state index in [4.69, 9.17) is 0 Å². The van der Waals surface area contributed by atoms with E-state index in [0.29, 0.717) is 18.5 Å². The summed E-state index contributed by atoms with van der Waals surface area (Å²) in [6.07, 6.45) is 0.952. The fourth-order valence-corrected chi connectivity index (χ4v) is 1.80. The van der Waals surface area contributed by atoms with Crippen molar-refractivity contribution in [1.29, 1.82) is 0 Å². The number of hydrogen-bond acceptors (Lipinski definition) is 2. The van der Waals surface area contributed by atoms with Crippen LogP contribution < -0.4 is 10.6 Å². The molecule has 0 saturated carbocycles. The third kappa shape index (κ3) is 5.88. The van der Waals surface area contributed by atoms with Gasteiger partial charge in [-0.3, -0.25) is 4.79 Å². The summed E-state index contributed by atoms with van der Waals surface area (Å²) in [4.78, 5) is 11.9. The zero-order valence-electron chi connectivity index (χ0n) is 12.5. The highest BCUT2D eigenvalue weighted by Crippen LogP contribution is 2.14. The number of carbonyl (C=O) groups excluding carboxylic acids is 1. The second-order valence-corrected chi connectivity index (χ2v) is 5.49. The lowest BCUT2D eigenvalue weighted by Crippen LogP contribution is -2.29. The molecule has 0 aliphatic carbocycles. The maximum Gasteiger partial charge on any atom is 0.251 e. The summed E-state index contributed by atoms with van der Waals surface area (Å²) >= 11 is 0. The molecule has 0 fully saturated rings. The van der Waals surface area contributed by atoms with Crippen LogP contribution >= 0.6 is 0 Å². The first kappa shape index (κ1) is 15.7. The van der Waals surface area contributed by atoms with Crippen LogP contribution in [-0.2, 0) is 0 Å². The molecule has 0 spiro atoms. The zero-order valence-corrected chi connectivity index (χ0v) is 12.5. The normalized spacial score (nSPS) is 11.1. The van der Waals surface area contributed by atoms with Crippen molar-refractivity contribution in [3.8, 4) is 0 Å². The number of rotatable bonds is 7. The minimum absolute atomic E-state index is 0.0138. The first-order valence-electron chi connectivity index (χ1n) is 7.12. The van der Waals surface area contributed by atoms with Crippen molar-refractivity contribution in [3.63, 3.8) is 0 Å². The monoisotopic (exact) mass is 262 g/mol. The van der Waals surface area contributed by atoms with Crippen molar-refractivity contribution in [2.24, 2.45) is 0 Å². The van der Waals surface area contributed by atoms with Gasteiger partial charge >= 0.3 is 0 Å². The van der Waals surface area contributed by atoms with Gasteiger partial charge in [-0.1, -0.05) is 39.8 Å². The van der Waals surface area contributed by atoms with Crippen molar-refractivity contribution < 1.29 is 4.79 Å². The van der Waals surface area contributed by atoms with Crippen molar-refractivity contribution >= 4 is 5.91 Å². The molecule has 106 valence electrons. The summed E-state index contributed by atoms with van der Waals surface area (Å²) in [5.41, 5.74) is 2.00. The lowest BCUT2D eigenvalue weighted by molar-refractivity contribution is 0.0953. The number of benzene rings is 1. The largest absolute Gasteiger partial charge is 0.352 e. The van der Waals surface area contributed by atoms with E-state index < -0.39 is 0 Å². The molecule has 0 aliphatic heterocycles. The molecular weight excluding hydrogens is 236 g/mol. The van der Waals surface area contributed by atoms with E-state index in [9.17, 15) is 4.79 Å². The Morgan fingerprint density at radius 1 is 1.05 bits per heavy atom. The second-order valence-electron chi connectivity index (χ2n) is 5.49. The van der Waals surface area contributed by atoms with Crippen LogP contribution in [0.5, 0.6) is 0 Å². The number of carbonyl (C=O) groups is 1. The maximum absolute atomic E-state index is 11.9. The fourth-order valence-electron chi connectivity index (χ4n) is 1.80. The van der Waals surface area contributed by atoms with Crippen LogP contribution in [0.2, 0.25) is 0 Å². The fraction of sp³-hybridized carbons (Fsp3) is 0.562. The van der Waals surface area contributed by atoms with Gasteiger partial charge in [0.05, 0.1) is 0 Å². The van der Waals surface area contributed by atoms with E-state index >= 15 is 0 Å². The molecule has 1 aromatic carbocycles. The van der Waals surface area contributed by atoms with Crippen molar-refractivity contribution in [1.82, 2.24) is 10.6 Å². The quantitative estimate of drug-likeness (QED) is 0.742. The Labute approximate surface area is 116 Å². The van der Waals surface area contributed by atoms with Crippen LogP contribution in [0, 0.1) is 0 Å². The molecule has 1 amide bonds. The van der Waals surface area contributed by atoms with Gasteiger partial charge < -0.3 is 10.6 Å². The summed E-state index contributed by atoms with van der Waals surface area (Å²) in [5, 5.41) is 6.27. The first-order valence-corrected chi connectivity index (χ1v) is 7.12. The van der Waals surface area contributed by atoms with E-state index in [1.165, 1.54) is 5.56 Å². The maximum atomic E-state index is 11.9. The number of hydrogen-bond donors (Lipinski definition) is 2. The van der Waals surface area contributed by atoms with Crippen LogP contribution in [0.25, 0.3) is 0 Å². The molecule has 2 N–H and O–H groups in total. The average molecular weight is 262 g/mol. The predicted octanol–water partition coefficient (Wildman–Crippen LogP) is 2.93. The Balaban J connectivity index is 2.33. The molecule has 1 rings (SSSR count). The van der Waals surface area contributed by atoms with Gasteiger partial charge in [0.25, 0.3) is 5.91 Å². The van der Waals surface area contributed by atoms with Crippen LogP contribution in [0.15, 0.2) is 24.3 Å². The first-order chi connectivity index (χ1) is 9.00. The minimum Gasteiger partial charge on any atom is -0.352 e. The third-order valence-corrected chi connectivity index (χ3v) is 3.03. The van der Waals surface area contributed by atoms with Crippen molar-refractivity contribution in [2.45, 2.75) is 46.1 Å². The molecule has 3 heteroatoms. The van der Waals surface area contributed by atoms with Gasteiger partial charge in [0.1, 0.15) is 0 Å². The van der Waals surface area contributed by atoms with Crippen LogP contribution in [-0.4, -0.2) is 25.0 Å². The lowest BCUT2D eigenvalue weighted by atomic mass is 10.0. The van der Waals surface area contributed by atoms with E-state index in [1.807, 2.05) is 24.3 Å². The molecule has 3 nitrogen and oxygen atoms in total. The van der Waals surface area contributed by atoms with Gasteiger partial charge in [0, 0.05) is 18.2 Å².